The zero-order valence-corrected chi connectivity index (χ0v) is 19.5. The molecule has 0 radical (unpaired) electrons. The first-order valence-electron chi connectivity index (χ1n) is 10.4. The van der Waals surface area contributed by atoms with Crippen LogP contribution in [0.1, 0.15) is 19.3 Å². The van der Waals surface area contributed by atoms with Crippen molar-refractivity contribution >= 4 is 63.9 Å². The average molecular weight is 495 g/mol. The van der Waals surface area contributed by atoms with Crippen molar-refractivity contribution in [2.24, 2.45) is 11.8 Å². The molecule has 2 heterocycles. The van der Waals surface area contributed by atoms with Crippen molar-refractivity contribution in [1.29, 1.82) is 0 Å². The molecule has 9 heteroatoms. The fraction of sp³-hybridized carbons (Fsp3) is 0.348. The Bertz CT molecular complexity index is 1040. The molecule has 2 aliphatic rings. The van der Waals surface area contributed by atoms with Crippen LogP contribution in [0.15, 0.2) is 42.5 Å². The van der Waals surface area contributed by atoms with Gasteiger partial charge in [-0.25, -0.2) is 0 Å². The number of halogens is 3. The summed E-state index contributed by atoms with van der Waals surface area (Å²) in [4.78, 5) is 41.6. The number of anilines is 2. The molecule has 32 heavy (non-hydrogen) atoms. The standard InChI is InChI=1S/C23H22Cl3N3O3/c24-17-11-19(26)20(12-18(17)25)27-22(31)14-6-8-28(9-7-14)23(32)15-10-21(30)29(13-15)16-4-2-1-3-5-16/h1-5,11-12,14-15H,6-10,13H2,(H,27,31). The van der Waals surface area contributed by atoms with Crippen LogP contribution in [0.4, 0.5) is 11.4 Å². The minimum Gasteiger partial charge on any atom is -0.342 e. The van der Waals surface area contributed by atoms with Gasteiger partial charge in [-0.05, 0) is 37.1 Å². The van der Waals surface area contributed by atoms with Crippen LogP contribution in [-0.2, 0) is 14.4 Å². The van der Waals surface area contributed by atoms with Gasteiger partial charge in [-0.3, -0.25) is 14.4 Å². The third-order valence-electron chi connectivity index (χ3n) is 5.99. The molecule has 0 aromatic heterocycles. The number of nitrogens with one attached hydrogen (secondary N) is 1. The van der Waals surface area contributed by atoms with Gasteiger partial charge in [0.15, 0.2) is 0 Å². The Balaban J connectivity index is 1.32. The van der Waals surface area contributed by atoms with E-state index in [1.54, 1.807) is 9.80 Å². The van der Waals surface area contributed by atoms with Crippen molar-refractivity contribution in [2.75, 3.05) is 29.9 Å². The van der Waals surface area contributed by atoms with Crippen LogP contribution >= 0.6 is 34.8 Å². The summed E-state index contributed by atoms with van der Waals surface area (Å²) in [7, 11) is 0. The molecule has 2 aromatic rings. The Morgan fingerprint density at radius 3 is 2.25 bits per heavy atom. The van der Waals surface area contributed by atoms with Gasteiger partial charge < -0.3 is 15.1 Å². The molecule has 168 valence electrons. The van der Waals surface area contributed by atoms with Gasteiger partial charge >= 0.3 is 0 Å². The zero-order valence-electron chi connectivity index (χ0n) is 17.2. The monoisotopic (exact) mass is 493 g/mol. The van der Waals surface area contributed by atoms with Crippen LogP contribution in [0, 0.1) is 11.8 Å². The first kappa shape index (κ1) is 22.9. The van der Waals surface area contributed by atoms with Crippen molar-refractivity contribution in [3.05, 3.63) is 57.5 Å². The third kappa shape index (κ3) is 4.87. The SMILES string of the molecule is O=C(Nc1cc(Cl)c(Cl)cc1Cl)C1CCN(C(=O)C2CC(=O)N(c3ccccc3)C2)CC1. The minimum absolute atomic E-state index is 0.0248. The summed E-state index contributed by atoms with van der Waals surface area (Å²) in [5.74, 6) is -0.826. The van der Waals surface area contributed by atoms with Gasteiger partial charge in [0.1, 0.15) is 0 Å². The summed E-state index contributed by atoms with van der Waals surface area (Å²) >= 11 is 18.1. The maximum absolute atomic E-state index is 13.0. The average Bonchev–Trinajstić information content (AvgIpc) is 3.19. The van der Waals surface area contributed by atoms with E-state index in [4.69, 9.17) is 34.8 Å². The summed E-state index contributed by atoms with van der Waals surface area (Å²) in [6.07, 6.45) is 1.29. The molecule has 3 amide bonds. The summed E-state index contributed by atoms with van der Waals surface area (Å²) in [6, 6.07) is 12.4. The van der Waals surface area contributed by atoms with E-state index in [9.17, 15) is 14.4 Å². The number of likely N-dealkylation sites (tertiary alicyclic amines) is 1. The van der Waals surface area contributed by atoms with Crippen molar-refractivity contribution in [2.45, 2.75) is 19.3 Å². The number of carbonyl (C=O) groups is 3. The third-order valence-corrected chi connectivity index (χ3v) is 7.02. The van der Waals surface area contributed by atoms with Crippen LogP contribution in [0.2, 0.25) is 15.1 Å². The topological polar surface area (TPSA) is 69.7 Å². The molecule has 1 unspecified atom stereocenters. The molecule has 2 aliphatic heterocycles. The fourth-order valence-corrected chi connectivity index (χ4v) is 4.80. The lowest BCUT2D eigenvalue weighted by atomic mass is 9.94. The number of hydrogen-bond donors (Lipinski definition) is 1. The highest BCUT2D eigenvalue weighted by Crippen LogP contribution is 2.33. The normalized spacial score (nSPS) is 19.3. The molecular weight excluding hydrogens is 473 g/mol. The molecule has 2 saturated heterocycles. The van der Waals surface area contributed by atoms with E-state index in [0.29, 0.717) is 53.2 Å². The van der Waals surface area contributed by atoms with Crippen LogP contribution in [0.5, 0.6) is 0 Å². The van der Waals surface area contributed by atoms with Crippen LogP contribution in [0.25, 0.3) is 0 Å². The lowest BCUT2D eigenvalue weighted by Gasteiger charge is -2.33. The maximum atomic E-state index is 13.0. The number of hydrogen-bond acceptors (Lipinski definition) is 3. The maximum Gasteiger partial charge on any atom is 0.228 e. The van der Waals surface area contributed by atoms with E-state index in [1.165, 1.54) is 12.1 Å². The highest BCUT2D eigenvalue weighted by Gasteiger charge is 2.38. The summed E-state index contributed by atoms with van der Waals surface area (Å²) in [5, 5.41) is 3.75. The first-order chi connectivity index (χ1) is 15.3. The number of piperidine rings is 1. The molecule has 0 aliphatic carbocycles. The van der Waals surface area contributed by atoms with E-state index in [2.05, 4.69) is 5.32 Å². The van der Waals surface area contributed by atoms with Gasteiger partial charge in [-0.2, -0.15) is 0 Å². The Morgan fingerprint density at radius 2 is 1.56 bits per heavy atom. The minimum atomic E-state index is -0.358. The second kappa shape index (κ2) is 9.69. The molecule has 1 atom stereocenters. The number of para-hydroxylation sites is 1. The second-order valence-corrected chi connectivity index (χ2v) is 9.30. The van der Waals surface area contributed by atoms with Crippen LogP contribution in [0.3, 0.4) is 0 Å². The molecule has 6 nitrogen and oxygen atoms in total. The molecule has 0 spiro atoms. The quantitative estimate of drug-likeness (QED) is 0.616. The number of carbonyl (C=O) groups excluding carboxylic acids is 3. The largest absolute Gasteiger partial charge is 0.342 e. The van der Waals surface area contributed by atoms with Gasteiger partial charge in [0.2, 0.25) is 17.7 Å². The van der Waals surface area contributed by atoms with Gasteiger partial charge in [0.25, 0.3) is 0 Å². The number of rotatable bonds is 4. The summed E-state index contributed by atoms with van der Waals surface area (Å²) in [6.45, 7) is 1.34. The molecule has 0 bridgehead atoms. The lowest BCUT2D eigenvalue weighted by molar-refractivity contribution is -0.138. The predicted octanol–water partition coefficient (Wildman–Crippen LogP) is 4.88. The second-order valence-electron chi connectivity index (χ2n) is 8.08. The highest BCUT2D eigenvalue weighted by atomic mass is 35.5. The Kier molecular flexibility index (Phi) is 6.93. The molecule has 1 N–H and O–H groups in total. The van der Waals surface area contributed by atoms with Gasteiger partial charge in [0, 0.05) is 37.7 Å². The fourth-order valence-electron chi connectivity index (χ4n) is 4.20. The van der Waals surface area contributed by atoms with Gasteiger partial charge in [-0.1, -0.05) is 53.0 Å². The highest BCUT2D eigenvalue weighted by molar-refractivity contribution is 6.44. The van der Waals surface area contributed by atoms with Crippen LogP contribution in [-0.4, -0.2) is 42.3 Å². The Hall–Kier alpha value is -2.28. The van der Waals surface area contributed by atoms with Gasteiger partial charge in [0.05, 0.1) is 26.7 Å². The van der Waals surface area contributed by atoms with Gasteiger partial charge in [-0.15, -0.1) is 0 Å². The number of benzene rings is 2. The van der Waals surface area contributed by atoms with Crippen molar-refractivity contribution in [1.82, 2.24) is 4.90 Å². The Morgan fingerprint density at radius 1 is 0.906 bits per heavy atom. The Labute approximate surface area is 201 Å². The summed E-state index contributed by atoms with van der Waals surface area (Å²) in [5.41, 5.74) is 1.22. The molecule has 2 aromatic carbocycles. The van der Waals surface area contributed by atoms with E-state index in [1.807, 2.05) is 30.3 Å². The molecule has 4 rings (SSSR count). The van der Waals surface area contributed by atoms with E-state index in [-0.39, 0.29) is 36.0 Å². The predicted molar refractivity (Wildman–Crippen MR) is 126 cm³/mol. The number of amides is 3. The van der Waals surface area contributed by atoms with E-state index >= 15 is 0 Å². The van der Waals surface area contributed by atoms with E-state index < -0.39 is 0 Å². The van der Waals surface area contributed by atoms with Crippen LogP contribution < -0.4 is 10.2 Å². The molecule has 2 fully saturated rings. The lowest BCUT2D eigenvalue weighted by Crippen LogP contribution is -2.44. The van der Waals surface area contributed by atoms with E-state index in [0.717, 1.165) is 5.69 Å². The smallest absolute Gasteiger partial charge is 0.228 e. The molecular formula is C23H22Cl3N3O3. The summed E-state index contributed by atoms with van der Waals surface area (Å²) < 4.78 is 0. The van der Waals surface area contributed by atoms with Crippen molar-refractivity contribution in [3.8, 4) is 0 Å². The molecule has 0 saturated carbocycles. The van der Waals surface area contributed by atoms with Crippen molar-refractivity contribution in [3.63, 3.8) is 0 Å². The van der Waals surface area contributed by atoms with Crippen molar-refractivity contribution < 1.29 is 14.4 Å². The number of nitrogens with zero attached hydrogens (tertiary/aromatic N) is 2. The zero-order chi connectivity index (χ0) is 22.8. The first-order valence-corrected chi connectivity index (χ1v) is 11.6.